The van der Waals surface area contributed by atoms with Crippen molar-refractivity contribution >= 4 is 11.9 Å². The average molecular weight is 531 g/mol. The van der Waals surface area contributed by atoms with E-state index in [0.717, 1.165) is 49.9 Å². The summed E-state index contributed by atoms with van der Waals surface area (Å²) in [5, 5.41) is 0. The van der Waals surface area contributed by atoms with Crippen molar-refractivity contribution in [3.63, 3.8) is 0 Å². The minimum atomic E-state index is -4.68. The van der Waals surface area contributed by atoms with Gasteiger partial charge in [0.15, 0.2) is 0 Å². The summed E-state index contributed by atoms with van der Waals surface area (Å²) < 4.78 is 64.5. The number of aromatic nitrogens is 1. The quantitative estimate of drug-likeness (QED) is 0.241. The van der Waals surface area contributed by atoms with Gasteiger partial charge in [-0.05, 0) is 83.7 Å². The van der Waals surface area contributed by atoms with Crippen LogP contribution in [0.4, 0.5) is 17.6 Å². The Bertz CT molecular complexity index is 1250. The van der Waals surface area contributed by atoms with E-state index in [0.29, 0.717) is 29.3 Å². The molecule has 8 heteroatoms. The van der Waals surface area contributed by atoms with E-state index in [4.69, 9.17) is 4.74 Å². The number of ether oxygens (including phenoxy) is 1. The molecule has 0 radical (unpaired) electrons. The van der Waals surface area contributed by atoms with E-state index in [1.165, 1.54) is 11.6 Å². The molecule has 1 unspecified atom stereocenters. The number of pyridine rings is 1. The summed E-state index contributed by atoms with van der Waals surface area (Å²) in [5.41, 5.74) is 2.90. The Morgan fingerprint density at radius 2 is 1.73 bits per heavy atom. The first-order chi connectivity index (χ1) is 17.7. The van der Waals surface area contributed by atoms with Crippen molar-refractivity contribution in [2.75, 3.05) is 19.3 Å². The number of nitrogens with zero attached hydrogens (tertiary/aromatic N) is 2. The number of rotatable bonds is 6. The largest absolute Gasteiger partial charge is 0.473 e. The van der Waals surface area contributed by atoms with E-state index in [-0.39, 0.29) is 17.7 Å². The number of hydrogen-bond acceptors (Lipinski definition) is 4. The van der Waals surface area contributed by atoms with Crippen LogP contribution in [-0.2, 0) is 25.6 Å². The van der Waals surface area contributed by atoms with Crippen LogP contribution in [-0.4, -0.2) is 28.6 Å². The SMILES string of the molecule is CSN1CCC(c2ccc(-c3cc(COc4cc5c(cn4)CC(C)C5)c(F)cc3C(F)(F)F)cc2)CC1. The zero-order valence-corrected chi connectivity index (χ0v) is 21.8. The molecule has 0 spiro atoms. The van der Waals surface area contributed by atoms with E-state index < -0.39 is 17.6 Å². The first kappa shape index (κ1) is 26.0. The number of fused-ring (bicyclic) bond motifs is 1. The molecule has 1 aromatic heterocycles. The first-order valence-electron chi connectivity index (χ1n) is 12.6. The molecule has 1 atom stereocenters. The molecular formula is C29H30F4N2OS. The zero-order chi connectivity index (χ0) is 26.2. The monoisotopic (exact) mass is 530 g/mol. The second-order valence-corrected chi connectivity index (χ2v) is 11.0. The second-order valence-electron chi connectivity index (χ2n) is 10.1. The maximum atomic E-state index is 14.8. The molecule has 196 valence electrons. The van der Waals surface area contributed by atoms with E-state index in [2.05, 4.69) is 22.5 Å². The van der Waals surface area contributed by atoms with Crippen molar-refractivity contribution in [1.29, 1.82) is 0 Å². The number of benzene rings is 2. The van der Waals surface area contributed by atoms with Gasteiger partial charge >= 0.3 is 6.18 Å². The third kappa shape index (κ3) is 5.80. The highest BCUT2D eigenvalue weighted by Gasteiger charge is 2.35. The lowest BCUT2D eigenvalue weighted by atomic mass is 9.88. The molecule has 5 rings (SSSR count). The average Bonchev–Trinajstić information content (AvgIpc) is 3.26. The van der Waals surface area contributed by atoms with Crippen LogP contribution in [0.15, 0.2) is 48.7 Å². The predicted octanol–water partition coefficient (Wildman–Crippen LogP) is 7.68. The third-order valence-electron chi connectivity index (χ3n) is 7.47. The van der Waals surface area contributed by atoms with Gasteiger partial charge in [-0.3, -0.25) is 4.31 Å². The summed E-state index contributed by atoms with van der Waals surface area (Å²) in [5.74, 6) is 0.338. The van der Waals surface area contributed by atoms with Gasteiger partial charge in [-0.2, -0.15) is 13.2 Å². The molecular weight excluding hydrogens is 500 g/mol. The number of halogens is 4. The molecule has 1 saturated heterocycles. The lowest BCUT2D eigenvalue weighted by Crippen LogP contribution is -2.27. The van der Waals surface area contributed by atoms with Crippen LogP contribution < -0.4 is 4.74 Å². The van der Waals surface area contributed by atoms with Gasteiger partial charge in [0.05, 0.1) is 5.56 Å². The molecule has 2 aromatic carbocycles. The Hall–Kier alpha value is -2.58. The fourth-order valence-corrected chi connectivity index (χ4v) is 6.02. The summed E-state index contributed by atoms with van der Waals surface area (Å²) in [6.45, 7) is 3.95. The van der Waals surface area contributed by atoms with Crippen molar-refractivity contribution in [2.24, 2.45) is 5.92 Å². The molecule has 0 bridgehead atoms. The molecule has 0 saturated carbocycles. The summed E-state index contributed by atoms with van der Waals surface area (Å²) >= 11 is 1.74. The van der Waals surface area contributed by atoms with Crippen LogP contribution in [0.5, 0.6) is 5.88 Å². The lowest BCUT2D eigenvalue weighted by Gasteiger charge is -2.30. The summed E-state index contributed by atoms with van der Waals surface area (Å²) in [6, 6.07) is 10.9. The van der Waals surface area contributed by atoms with Crippen LogP contribution in [0.2, 0.25) is 0 Å². The standard InChI is InChI=1S/C29H30F4N2OS/c1-18-11-22-14-28(34-16-23(22)12-18)36-17-24-13-25(26(15-27(24)30)29(31,32)33)21-5-3-19(4-6-21)20-7-9-35(37-2)10-8-20/h3-6,13-16,18,20H,7-12,17H2,1-2H3. The molecule has 1 fully saturated rings. The normalized spacial score (nSPS) is 18.7. The maximum absolute atomic E-state index is 14.8. The highest BCUT2D eigenvalue weighted by atomic mass is 32.2. The van der Waals surface area contributed by atoms with Crippen LogP contribution in [0.1, 0.15) is 53.5 Å². The number of hydrogen-bond donors (Lipinski definition) is 0. The Morgan fingerprint density at radius 1 is 1.03 bits per heavy atom. The molecule has 0 N–H and O–H groups in total. The lowest BCUT2D eigenvalue weighted by molar-refractivity contribution is -0.137. The fraction of sp³-hybridized carbons (Fsp3) is 0.414. The number of alkyl halides is 3. The summed E-state index contributed by atoms with van der Waals surface area (Å²) in [7, 11) is 0. The first-order valence-corrected chi connectivity index (χ1v) is 13.8. The van der Waals surface area contributed by atoms with Crippen molar-refractivity contribution in [1.82, 2.24) is 9.29 Å². The Kier molecular flexibility index (Phi) is 7.50. The molecule has 37 heavy (non-hydrogen) atoms. The van der Waals surface area contributed by atoms with Gasteiger partial charge in [0.1, 0.15) is 12.4 Å². The molecule has 2 aliphatic rings. The van der Waals surface area contributed by atoms with Gasteiger partial charge in [-0.25, -0.2) is 9.37 Å². The van der Waals surface area contributed by atoms with Gasteiger partial charge in [0.2, 0.25) is 5.88 Å². The van der Waals surface area contributed by atoms with Gasteiger partial charge < -0.3 is 4.74 Å². The van der Waals surface area contributed by atoms with Crippen LogP contribution >= 0.6 is 11.9 Å². The van der Waals surface area contributed by atoms with Gasteiger partial charge in [-0.1, -0.05) is 43.1 Å². The molecule has 3 nitrogen and oxygen atoms in total. The van der Waals surface area contributed by atoms with Crippen molar-refractivity contribution < 1.29 is 22.3 Å². The molecule has 1 aliphatic carbocycles. The van der Waals surface area contributed by atoms with Gasteiger partial charge in [0.25, 0.3) is 0 Å². The molecule has 3 aromatic rings. The predicted molar refractivity (Wildman–Crippen MR) is 139 cm³/mol. The van der Waals surface area contributed by atoms with E-state index in [9.17, 15) is 17.6 Å². The summed E-state index contributed by atoms with van der Waals surface area (Å²) in [4.78, 5) is 4.30. The van der Waals surface area contributed by atoms with E-state index >= 15 is 0 Å². The van der Waals surface area contributed by atoms with Gasteiger partial charge in [-0.15, -0.1) is 0 Å². The second kappa shape index (κ2) is 10.7. The fourth-order valence-electron chi connectivity index (χ4n) is 5.44. The third-order valence-corrected chi connectivity index (χ3v) is 8.35. The van der Waals surface area contributed by atoms with Crippen LogP contribution in [0, 0.1) is 11.7 Å². The van der Waals surface area contributed by atoms with Crippen LogP contribution in [0.25, 0.3) is 11.1 Å². The Morgan fingerprint density at radius 3 is 2.41 bits per heavy atom. The molecule has 0 amide bonds. The Balaban J connectivity index is 1.38. The minimum Gasteiger partial charge on any atom is -0.473 e. The smallest absolute Gasteiger partial charge is 0.417 e. The van der Waals surface area contributed by atoms with E-state index in [1.807, 2.05) is 18.2 Å². The van der Waals surface area contributed by atoms with Crippen molar-refractivity contribution in [3.05, 3.63) is 82.3 Å². The topological polar surface area (TPSA) is 25.4 Å². The van der Waals surface area contributed by atoms with E-state index in [1.54, 1.807) is 30.3 Å². The van der Waals surface area contributed by atoms with Crippen LogP contribution in [0.3, 0.4) is 0 Å². The highest BCUT2D eigenvalue weighted by molar-refractivity contribution is 7.96. The summed E-state index contributed by atoms with van der Waals surface area (Å²) in [6.07, 6.45) is 3.09. The van der Waals surface area contributed by atoms with Gasteiger partial charge in [0, 0.05) is 30.9 Å². The number of piperidine rings is 1. The molecule has 1 aliphatic heterocycles. The maximum Gasteiger partial charge on any atom is 0.417 e. The van der Waals surface area contributed by atoms with Crippen molar-refractivity contribution in [2.45, 2.75) is 51.3 Å². The Labute approximate surface area is 219 Å². The molecule has 2 heterocycles. The van der Waals surface area contributed by atoms with Crippen molar-refractivity contribution in [3.8, 4) is 17.0 Å². The highest BCUT2D eigenvalue weighted by Crippen LogP contribution is 2.40. The minimum absolute atomic E-state index is 0.0491. The zero-order valence-electron chi connectivity index (χ0n) is 20.9.